The number of hydrogen-bond donors (Lipinski definition) is 2. The van der Waals surface area contributed by atoms with Crippen LogP contribution in [0.5, 0.6) is 0 Å². The molecule has 0 radical (unpaired) electrons. The summed E-state index contributed by atoms with van der Waals surface area (Å²) in [5.41, 5.74) is 1.14. The van der Waals surface area contributed by atoms with E-state index in [9.17, 15) is 9.59 Å². The number of amides is 1. The lowest BCUT2D eigenvalue weighted by Gasteiger charge is -2.16. The Kier molecular flexibility index (Phi) is 5.02. The third kappa shape index (κ3) is 3.86. The molecule has 0 fully saturated rings. The van der Waals surface area contributed by atoms with Gasteiger partial charge in [0.25, 0.3) is 11.7 Å². The minimum absolute atomic E-state index is 0.0249. The Bertz CT molecular complexity index is 968. The van der Waals surface area contributed by atoms with Crippen LogP contribution in [-0.4, -0.2) is 59.8 Å². The topological polar surface area (TPSA) is 107 Å². The fourth-order valence-electron chi connectivity index (χ4n) is 2.50. The molecule has 140 valence electrons. The Morgan fingerprint density at radius 3 is 2.26 bits per heavy atom. The van der Waals surface area contributed by atoms with Gasteiger partial charge in [-0.2, -0.15) is 15.0 Å². The monoisotopic (exact) mass is 367 g/mol. The number of aromatic amines is 1. The number of benzene rings is 1. The molecule has 0 aliphatic heterocycles. The molecule has 9 heteroatoms. The number of nitrogens with one attached hydrogen (secondary N) is 2. The van der Waals surface area contributed by atoms with E-state index < -0.39 is 11.7 Å². The zero-order valence-corrected chi connectivity index (χ0v) is 15.6. The average Bonchev–Trinajstić information content (AvgIpc) is 3.09. The van der Waals surface area contributed by atoms with Crippen LogP contribution in [-0.2, 0) is 11.3 Å². The fourth-order valence-corrected chi connectivity index (χ4v) is 2.50. The largest absolute Gasteiger partial charge is 0.360 e. The summed E-state index contributed by atoms with van der Waals surface area (Å²) < 4.78 is 0. The highest BCUT2D eigenvalue weighted by Crippen LogP contribution is 2.18. The summed E-state index contributed by atoms with van der Waals surface area (Å²) in [5.74, 6) is -0.000529. The van der Waals surface area contributed by atoms with Gasteiger partial charge in [-0.15, -0.1) is 0 Å². The summed E-state index contributed by atoms with van der Waals surface area (Å²) in [5, 5.41) is 3.30. The minimum atomic E-state index is -0.710. The van der Waals surface area contributed by atoms with Gasteiger partial charge in [0.2, 0.25) is 11.9 Å². The quantitative estimate of drug-likeness (QED) is 0.494. The van der Waals surface area contributed by atoms with Crippen LogP contribution in [0.3, 0.4) is 0 Å². The van der Waals surface area contributed by atoms with Crippen LogP contribution in [0.15, 0.2) is 30.5 Å². The highest BCUT2D eigenvalue weighted by molar-refractivity contribution is 6.44. The van der Waals surface area contributed by atoms with Crippen molar-refractivity contribution in [1.82, 2.24) is 25.3 Å². The SMILES string of the molecule is CN(C)c1nc(CNC(=O)C(=O)c2c[nH]c3ccccc23)nc(N(C)C)n1. The molecule has 0 saturated carbocycles. The molecule has 0 atom stereocenters. The number of ketones is 1. The normalized spacial score (nSPS) is 10.7. The molecule has 0 spiro atoms. The third-order valence-electron chi connectivity index (χ3n) is 3.91. The second kappa shape index (κ2) is 7.40. The number of aromatic nitrogens is 4. The molecular weight excluding hydrogens is 346 g/mol. The van der Waals surface area contributed by atoms with Crippen molar-refractivity contribution in [2.24, 2.45) is 0 Å². The zero-order chi connectivity index (χ0) is 19.6. The van der Waals surface area contributed by atoms with Crippen LogP contribution >= 0.6 is 0 Å². The molecule has 0 saturated heterocycles. The molecule has 0 aliphatic carbocycles. The van der Waals surface area contributed by atoms with E-state index in [2.05, 4.69) is 25.3 Å². The maximum Gasteiger partial charge on any atom is 0.292 e. The van der Waals surface area contributed by atoms with Gasteiger partial charge >= 0.3 is 0 Å². The highest BCUT2D eigenvalue weighted by Gasteiger charge is 2.20. The Morgan fingerprint density at radius 2 is 1.63 bits per heavy atom. The first-order chi connectivity index (χ1) is 12.9. The lowest BCUT2D eigenvalue weighted by Crippen LogP contribution is -2.31. The molecule has 2 aromatic heterocycles. The third-order valence-corrected chi connectivity index (χ3v) is 3.91. The number of carbonyl (C=O) groups excluding carboxylic acids is 2. The first-order valence-electron chi connectivity index (χ1n) is 8.35. The molecule has 0 unspecified atom stereocenters. The van der Waals surface area contributed by atoms with Crippen LogP contribution in [0.1, 0.15) is 16.2 Å². The number of Topliss-reactive ketones (excluding diaryl/α,β-unsaturated/α-hetero) is 1. The lowest BCUT2D eigenvalue weighted by atomic mass is 10.1. The van der Waals surface area contributed by atoms with Gasteiger partial charge in [0.1, 0.15) is 0 Å². The van der Waals surface area contributed by atoms with Gasteiger partial charge in [-0.05, 0) is 6.07 Å². The smallest absolute Gasteiger partial charge is 0.292 e. The van der Waals surface area contributed by atoms with E-state index >= 15 is 0 Å². The van der Waals surface area contributed by atoms with E-state index in [1.165, 1.54) is 0 Å². The van der Waals surface area contributed by atoms with E-state index in [0.717, 1.165) is 5.52 Å². The van der Waals surface area contributed by atoms with Crippen LogP contribution in [0, 0.1) is 0 Å². The van der Waals surface area contributed by atoms with Crippen LogP contribution in [0.2, 0.25) is 0 Å². The van der Waals surface area contributed by atoms with Crippen molar-refractivity contribution in [2.75, 3.05) is 38.0 Å². The van der Waals surface area contributed by atoms with Gasteiger partial charge in [-0.1, -0.05) is 18.2 Å². The molecular formula is C18H21N7O2. The molecule has 1 aromatic carbocycles. The molecule has 27 heavy (non-hydrogen) atoms. The molecule has 0 bridgehead atoms. The summed E-state index contributed by atoms with van der Waals surface area (Å²) in [6.45, 7) is 0.0249. The Labute approximate surface area is 156 Å². The van der Waals surface area contributed by atoms with Gasteiger partial charge in [0, 0.05) is 45.3 Å². The van der Waals surface area contributed by atoms with Crippen molar-refractivity contribution in [1.29, 1.82) is 0 Å². The number of rotatable bonds is 6. The lowest BCUT2D eigenvalue weighted by molar-refractivity contribution is -0.117. The maximum atomic E-state index is 12.5. The summed E-state index contributed by atoms with van der Waals surface area (Å²) in [6, 6.07) is 7.32. The van der Waals surface area contributed by atoms with E-state index in [-0.39, 0.29) is 6.54 Å². The Hall–Kier alpha value is -3.49. The Morgan fingerprint density at radius 1 is 1.00 bits per heavy atom. The van der Waals surface area contributed by atoms with Crippen LogP contribution in [0.25, 0.3) is 10.9 Å². The van der Waals surface area contributed by atoms with Crippen molar-refractivity contribution in [3.05, 3.63) is 41.9 Å². The summed E-state index contributed by atoms with van der Waals surface area (Å²) in [7, 11) is 7.27. The number of fused-ring (bicyclic) bond motifs is 1. The average molecular weight is 367 g/mol. The van der Waals surface area contributed by atoms with Crippen molar-refractivity contribution in [2.45, 2.75) is 6.54 Å². The zero-order valence-electron chi connectivity index (χ0n) is 15.6. The number of carbonyl (C=O) groups is 2. The molecule has 2 heterocycles. The number of H-pyrrole nitrogens is 1. The highest BCUT2D eigenvalue weighted by atomic mass is 16.2. The molecule has 0 aliphatic rings. The summed E-state index contributed by atoms with van der Waals surface area (Å²) in [4.78, 5) is 44.2. The molecule has 3 rings (SSSR count). The standard InChI is InChI=1S/C18H21N7O2/c1-24(2)17-21-14(22-18(23-17)25(3)4)10-20-16(27)15(26)12-9-19-13-8-6-5-7-11(12)13/h5-9,19H,10H2,1-4H3,(H,20,27). The second-order valence-electron chi connectivity index (χ2n) is 6.40. The van der Waals surface area contributed by atoms with E-state index in [1.807, 2.05) is 46.4 Å². The van der Waals surface area contributed by atoms with E-state index in [0.29, 0.717) is 28.7 Å². The first-order valence-corrected chi connectivity index (χ1v) is 8.35. The number of nitrogens with zero attached hydrogens (tertiary/aromatic N) is 5. The van der Waals surface area contributed by atoms with Crippen molar-refractivity contribution in [3.63, 3.8) is 0 Å². The van der Waals surface area contributed by atoms with Crippen molar-refractivity contribution >= 4 is 34.5 Å². The first kappa shape index (κ1) is 18.3. The van der Waals surface area contributed by atoms with Gasteiger partial charge < -0.3 is 20.1 Å². The maximum absolute atomic E-state index is 12.5. The van der Waals surface area contributed by atoms with Gasteiger partial charge in [0.15, 0.2) is 5.82 Å². The van der Waals surface area contributed by atoms with E-state index in [1.54, 1.807) is 22.1 Å². The van der Waals surface area contributed by atoms with Gasteiger partial charge in [-0.3, -0.25) is 9.59 Å². The van der Waals surface area contributed by atoms with Crippen molar-refractivity contribution < 1.29 is 9.59 Å². The number of hydrogen-bond acceptors (Lipinski definition) is 7. The molecule has 1 amide bonds. The van der Waals surface area contributed by atoms with Gasteiger partial charge in [0.05, 0.1) is 12.1 Å². The predicted molar refractivity (Wildman–Crippen MR) is 103 cm³/mol. The number of para-hydroxylation sites is 1. The van der Waals surface area contributed by atoms with Crippen molar-refractivity contribution in [3.8, 4) is 0 Å². The van der Waals surface area contributed by atoms with Crippen LogP contribution in [0.4, 0.5) is 11.9 Å². The Balaban J connectivity index is 1.76. The minimum Gasteiger partial charge on any atom is -0.360 e. The molecule has 9 nitrogen and oxygen atoms in total. The molecule has 2 N–H and O–H groups in total. The second-order valence-corrected chi connectivity index (χ2v) is 6.40. The summed E-state index contributed by atoms with van der Waals surface area (Å²) in [6.07, 6.45) is 1.55. The molecule has 3 aromatic rings. The van der Waals surface area contributed by atoms with E-state index in [4.69, 9.17) is 0 Å². The summed E-state index contributed by atoms with van der Waals surface area (Å²) >= 11 is 0. The van der Waals surface area contributed by atoms with Crippen LogP contribution < -0.4 is 15.1 Å². The predicted octanol–water partition coefficient (Wildman–Crippen LogP) is 0.984. The number of anilines is 2. The van der Waals surface area contributed by atoms with Gasteiger partial charge in [-0.25, -0.2) is 0 Å². The fraction of sp³-hybridized carbons (Fsp3) is 0.278.